The van der Waals surface area contributed by atoms with Gasteiger partial charge in [-0.3, -0.25) is 9.69 Å². The highest BCUT2D eigenvalue weighted by Crippen LogP contribution is 2.40. The fourth-order valence-electron chi connectivity index (χ4n) is 3.93. The van der Waals surface area contributed by atoms with Crippen LogP contribution in [0.3, 0.4) is 0 Å². The molecule has 0 spiro atoms. The van der Waals surface area contributed by atoms with Gasteiger partial charge in [-0.25, -0.2) is 0 Å². The van der Waals surface area contributed by atoms with Gasteiger partial charge >= 0.3 is 0 Å². The Morgan fingerprint density at radius 3 is 2.72 bits per heavy atom. The van der Waals surface area contributed by atoms with E-state index in [1.54, 1.807) is 19.2 Å². The van der Waals surface area contributed by atoms with Gasteiger partial charge < -0.3 is 19.5 Å². The molecule has 0 unspecified atom stereocenters. The first-order valence-corrected chi connectivity index (χ1v) is 10.3. The third-order valence-electron chi connectivity index (χ3n) is 5.39. The molecular formula is C22H25ClN2O4. The minimum atomic E-state index is -0.184. The summed E-state index contributed by atoms with van der Waals surface area (Å²) >= 11 is 6.46. The lowest BCUT2D eigenvalue weighted by molar-refractivity contribution is 0.0936. The molecule has 4 rings (SSSR count). The van der Waals surface area contributed by atoms with E-state index in [2.05, 4.69) is 10.2 Å². The summed E-state index contributed by atoms with van der Waals surface area (Å²) in [5.74, 6) is 1.38. The summed E-state index contributed by atoms with van der Waals surface area (Å²) in [6.45, 7) is 3.39. The summed E-state index contributed by atoms with van der Waals surface area (Å²) < 4.78 is 16.6. The van der Waals surface area contributed by atoms with Crippen LogP contribution in [0.5, 0.6) is 17.2 Å². The van der Waals surface area contributed by atoms with Crippen LogP contribution in [0.4, 0.5) is 0 Å². The average molecular weight is 417 g/mol. The Morgan fingerprint density at radius 2 is 1.97 bits per heavy atom. The first-order valence-electron chi connectivity index (χ1n) is 9.91. The largest absolute Gasteiger partial charge is 0.493 e. The summed E-state index contributed by atoms with van der Waals surface area (Å²) in [4.78, 5) is 15.3. The molecule has 0 radical (unpaired) electrons. The number of amides is 1. The SMILES string of the molecule is COc1cc(C(=O)NC[C@@H](c2ccccc2Cl)N2CCCC2)cc2c1OCCO2. The summed E-state index contributed by atoms with van der Waals surface area (Å²) in [5.41, 5.74) is 1.52. The Balaban J connectivity index is 1.53. The molecule has 0 saturated carbocycles. The van der Waals surface area contributed by atoms with E-state index in [9.17, 15) is 4.79 Å². The molecule has 2 heterocycles. The van der Waals surface area contributed by atoms with Gasteiger partial charge in [0.1, 0.15) is 13.2 Å². The number of nitrogens with one attached hydrogen (secondary N) is 1. The zero-order valence-corrected chi connectivity index (χ0v) is 17.2. The van der Waals surface area contributed by atoms with Crippen LogP contribution in [0.15, 0.2) is 36.4 Å². The van der Waals surface area contributed by atoms with Gasteiger partial charge in [-0.1, -0.05) is 29.8 Å². The lowest BCUT2D eigenvalue weighted by Gasteiger charge is -2.29. The number of halogens is 1. The van der Waals surface area contributed by atoms with Crippen LogP contribution in [-0.4, -0.2) is 50.8 Å². The van der Waals surface area contributed by atoms with Crippen LogP contribution in [0.1, 0.15) is 34.8 Å². The molecule has 1 N–H and O–H groups in total. The van der Waals surface area contributed by atoms with E-state index in [0.717, 1.165) is 36.5 Å². The molecule has 1 amide bonds. The average Bonchev–Trinajstić information content (AvgIpc) is 3.28. The van der Waals surface area contributed by atoms with Gasteiger partial charge in [0.15, 0.2) is 11.5 Å². The van der Waals surface area contributed by atoms with Gasteiger partial charge in [0.05, 0.1) is 13.2 Å². The number of likely N-dealkylation sites (tertiary alicyclic amines) is 1. The van der Waals surface area contributed by atoms with Gasteiger partial charge in [0, 0.05) is 17.1 Å². The van der Waals surface area contributed by atoms with Crippen molar-refractivity contribution in [3.8, 4) is 17.2 Å². The molecule has 1 saturated heterocycles. The van der Waals surface area contributed by atoms with Crippen molar-refractivity contribution < 1.29 is 19.0 Å². The molecule has 154 valence electrons. The number of ether oxygens (including phenoxy) is 3. The summed E-state index contributed by atoms with van der Waals surface area (Å²) in [6, 6.07) is 11.3. The van der Waals surface area contributed by atoms with Gasteiger partial charge in [-0.2, -0.15) is 0 Å². The van der Waals surface area contributed by atoms with Crippen molar-refractivity contribution >= 4 is 17.5 Å². The standard InChI is InChI=1S/C22H25ClN2O4/c1-27-19-12-15(13-20-21(19)29-11-10-28-20)22(26)24-14-18(25-8-4-5-9-25)16-6-2-3-7-17(16)23/h2-3,6-7,12-13,18H,4-5,8-11,14H2,1H3,(H,24,26)/t18-/m0/s1. The van der Waals surface area contributed by atoms with Crippen molar-refractivity contribution in [1.82, 2.24) is 10.2 Å². The number of hydrogen-bond donors (Lipinski definition) is 1. The van der Waals surface area contributed by atoms with E-state index in [0.29, 0.717) is 42.6 Å². The first-order chi connectivity index (χ1) is 14.2. The molecular weight excluding hydrogens is 392 g/mol. The van der Waals surface area contributed by atoms with Gasteiger partial charge in [-0.05, 0) is 49.7 Å². The van der Waals surface area contributed by atoms with E-state index in [1.807, 2.05) is 24.3 Å². The van der Waals surface area contributed by atoms with Crippen LogP contribution >= 0.6 is 11.6 Å². The number of carbonyl (C=O) groups excluding carboxylic acids is 1. The van der Waals surface area contributed by atoms with E-state index in [1.165, 1.54) is 0 Å². The Hall–Kier alpha value is -2.44. The zero-order chi connectivity index (χ0) is 20.2. The molecule has 0 aliphatic carbocycles. The molecule has 2 aromatic rings. The lowest BCUT2D eigenvalue weighted by atomic mass is 10.0. The molecule has 2 aromatic carbocycles. The molecule has 7 heteroatoms. The molecule has 1 fully saturated rings. The van der Waals surface area contributed by atoms with Crippen molar-refractivity contribution in [2.24, 2.45) is 0 Å². The Morgan fingerprint density at radius 1 is 1.21 bits per heavy atom. The highest BCUT2D eigenvalue weighted by molar-refractivity contribution is 6.31. The van der Waals surface area contributed by atoms with E-state index < -0.39 is 0 Å². The number of fused-ring (bicyclic) bond motifs is 1. The normalized spacial score (nSPS) is 17.0. The number of rotatable bonds is 6. The monoisotopic (exact) mass is 416 g/mol. The van der Waals surface area contributed by atoms with Crippen molar-refractivity contribution in [3.05, 3.63) is 52.5 Å². The zero-order valence-electron chi connectivity index (χ0n) is 16.4. The molecule has 2 aliphatic rings. The molecule has 1 atom stereocenters. The van der Waals surface area contributed by atoms with Gasteiger partial charge in [-0.15, -0.1) is 0 Å². The van der Waals surface area contributed by atoms with Gasteiger partial charge in [0.2, 0.25) is 5.75 Å². The number of methoxy groups -OCH3 is 1. The van der Waals surface area contributed by atoms with Crippen LogP contribution in [-0.2, 0) is 0 Å². The van der Waals surface area contributed by atoms with Crippen molar-refractivity contribution in [2.45, 2.75) is 18.9 Å². The maximum Gasteiger partial charge on any atom is 0.251 e. The van der Waals surface area contributed by atoms with Crippen LogP contribution in [0, 0.1) is 0 Å². The molecule has 29 heavy (non-hydrogen) atoms. The third kappa shape index (κ3) is 4.28. The second kappa shape index (κ2) is 8.93. The fourth-order valence-corrected chi connectivity index (χ4v) is 4.19. The molecule has 0 aromatic heterocycles. The van der Waals surface area contributed by atoms with Crippen LogP contribution in [0.2, 0.25) is 5.02 Å². The summed E-state index contributed by atoms with van der Waals surface area (Å²) in [5, 5.41) is 3.79. The maximum atomic E-state index is 12.9. The molecule has 6 nitrogen and oxygen atoms in total. The summed E-state index contributed by atoms with van der Waals surface area (Å²) in [7, 11) is 1.55. The number of carbonyl (C=O) groups is 1. The van der Waals surface area contributed by atoms with E-state index in [-0.39, 0.29) is 11.9 Å². The minimum absolute atomic E-state index is 0.0363. The topological polar surface area (TPSA) is 60.0 Å². The highest BCUT2D eigenvalue weighted by atomic mass is 35.5. The van der Waals surface area contributed by atoms with E-state index in [4.69, 9.17) is 25.8 Å². The lowest BCUT2D eigenvalue weighted by Crippen LogP contribution is -2.37. The summed E-state index contributed by atoms with van der Waals surface area (Å²) in [6.07, 6.45) is 2.32. The predicted molar refractivity (Wildman–Crippen MR) is 111 cm³/mol. The Kier molecular flexibility index (Phi) is 6.11. The second-order valence-electron chi connectivity index (χ2n) is 7.19. The Labute approximate surface area is 175 Å². The van der Waals surface area contributed by atoms with Crippen LogP contribution in [0.25, 0.3) is 0 Å². The van der Waals surface area contributed by atoms with Crippen molar-refractivity contribution in [3.63, 3.8) is 0 Å². The van der Waals surface area contributed by atoms with Crippen molar-refractivity contribution in [2.75, 3.05) is 40.0 Å². The smallest absolute Gasteiger partial charge is 0.251 e. The number of hydrogen-bond acceptors (Lipinski definition) is 5. The third-order valence-corrected chi connectivity index (χ3v) is 5.74. The Bertz CT molecular complexity index is 866. The minimum Gasteiger partial charge on any atom is -0.493 e. The van der Waals surface area contributed by atoms with Gasteiger partial charge in [0.25, 0.3) is 5.91 Å². The fraction of sp³-hybridized carbons (Fsp3) is 0.409. The maximum absolute atomic E-state index is 12.9. The molecule has 2 aliphatic heterocycles. The molecule has 0 bridgehead atoms. The predicted octanol–water partition coefficient (Wildman–Crippen LogP) is 3.69. The number of benzene rings is 2. The van der Waals surface area contributed by atoms with Crippen molar-refractivity contribution in [1.29, 1.82) is 0 Å². The quantitative estimate of drug-likeness (QED) is 0.778. The second-order valence-corrected chi connectivity index (χ2v) is 7.60. The first kappa shape index (κ1) is 19.9. The number of nitrogens with zero attached hydrogens (tertiary/aromatic N) is 1. The highest BCUT2D eigenvalue weighted by Gasteiger charge is 2.26. The van der Waals surface area contributed by atoms with E-state index >= 15 is 0 Å². The van der Waals surface area contributed by atoms with Crippen LogP contribution < -0.4 is 19.5 Å².